The maximum Gasteiger partial charge on any atom is 0.414 e. The van der Waals surface area contributed by atoms with E-state index in [1.165, 1.54) is 14.8 Å². The van der Waals surface area contributed by atoms with Gasteiger partial charge in [0.2, 0.25) is 0 Å². The Balaban J connectivity index is 2.17. The minimum Gasteiger partial charge on any atom is -0.443 e. The number of carbonyl (C=O) groups is 1. The Labute approximate surface area is 142 Å². The highest BCUT2D eigenvalue weighted by molar-refractivity contribution is 14.2. The van der Waals surface area contributed by atoms with E-state index in [-0.39, 0.29) is 6.09 Å². The summed E-state index contributed by atoms with van der Waals surface area (Å²) in [6.07, 6.45) is 1.67. The van der Waals surface area contributed by atoms with E-state index in [1.807, 2.05) is 32.9 Å². The van der Waals surface area contributed by atoms with Gasteiger partial charge < -0.3 is 8.92 Å². The van der Waals surface area contributed by atoms with Crippen LogP contribution in [0.2, 0.25) is 0 Å². The Kier molecular flexibility index (Phi) is 5.79. The lowest BCUT2D eigenvalue weighted by Gasteiger charge is -2.32. The van der Waals surface area contributed by atoms with Gasteiger partial charge in [0, 0.05) is 27.8 Å². The van der Waals surface area contributed by atoms with Gasteiger partial charge in [0.25, 0.3) is 0 Å². The molecule has 0 aliphatic carbocycles. The number of amides is 1. The lowest BCUT2D eigenvalue weighted by molar-refractivity contribution is 0.0578. The van der Waals surface area contributed by atoms with Crippen molar-refractivity contribution in [1.29, 1.82) is 0 Å². The van der Waals surface area contributed by atoms with Crippen molar-refractivity contribution in [1.82, 2.24) is 0 Å². The van der Waals surface area contributed by atoms with E-state index in [0.29, 0.717) is 13.2 Å². The van der Waals surface area contributed by atoms with E-state index >= 15 is 0 Å². The zero-order valence-corrected chi connectivity index (χ0v) is 15.5. The van der Waals surface area contributed by atoms with Crippen LogP contribution < -0.4 is 4.90 Å². The van der Waals surface area contributed by atoms with Crippen molar-refractivity contribution in [3.8, 4) is 0 Å². The Morgan fingerprint density at radius 1 is 1.43 bits per heavy atom. The van der Waals surface area contributed by atoms with Crippen molar-refractivity contribution in [3.63, 3.8) is 0 Å². The molecule has 0 saturated carbocycles. The van der Waals surface area contributed by atoms with Crippen LogP contribution in [0.15, 0.2) is 18.2 Å². The van der Waals surface area contributed by atoms with Crippen LogP contribution in [0, 0.1) is 0 Å². The smallest absolute Gasteiger partial charge is 0.414 e. The van der Waals surface area contributed by atoms with Crippen LogP contribution in [0.1, 0.15) is 38.3 Å². The molecule has 1 heterocycles. The summed E-state index contributed by atoms with van der Waals surface area (Å²) in [6.45, 7) is 6.95. The number of rotatable bonds is 3. The monoisotopic (exact) mass is 421 g/mol. The summed E-state index contributed by atoms with van der Waals surface area (Å²) in [5.41, 5.74) is 2.80. The summed E-state index contributed by atoms with van der Waals surface area (Å²) in [7, 11) is 1.33. The molecule has 1 amide bonds. The second-order valence-corrected chi connectivity index (χ2v) is 7.46. The van der Waals surface area contributed by atoms with Gasteiger partial charge in [-0.15, -0.1) is 0 Å². The molecule has 0 atom stereocenters. The van der Waals surface area contributed by atoms with Crippen molar-refractivity contribution >= 4 is 42.2 Å². The third-order valence-corrected chi connectivity index (χ3v) is 4.12. The third-order valence-electron chi connectivity index (χ3n) is 3.15. The fourth-order valence-electron chi connectivity index (χ4n) is 2.34. The molecule has 0 spiro atoms. The number of fused-ring (bicyclic) bond motifs is 1. The molecule has 0 saturated heterocycles. The summed E-state index contributed by atoms with van der Waals surface area (Å²) >= 11 is 2.11. The van der Waals surface area contributed by atoms with E-state index < -0.39 is 5.60 Å². The van der Waals surface area contributed by atoms with Crippen LogP contribution in [0.4, 0.5) is 10.5 Å². The average molecular weight is 421 g/mol. The molecule has 2 rings (SSSR count). The number of aryl methyl sites for hydroxylation is 1. The average Bonchev–Trinajstić information content (AvgIpc) is 2.42. The minimum absolute atomic E-state index is 0.268. The number of hydrogen-bond donors (Lipinski definition) is 0. The Morgan fingerprint density at radius 3 is 2.86 bits per heavy atom. The Morgan fingerprint density at radius 2 is 2.19 bits per heavy atom. The van der Waals surface area contributed by atoms with Gasteiger partial charge in [0.05, 0.1) is 21.5 Å². The van der Waals surface area contributed by atoms with Gasteiger partial charge >= 0.3 is 6.09 Å². The number of halogens is 1. The standard InChI is InChI=1S/C15H20INO3S/c1-15(2,3)20-14(18)17-8-4-5-12-9-11(10-19-21-16)6-7-13(12)17/h6-7,9H,4-5,8,10H2,1-3H3. The van der Waals surface area contributed by atoms with Crippen molar-refractivity contribution < 1.29 is 13.7 Å². The molecule has 1 aromatic rings. The molecule has 0 bridgehead atoms. The summed E-state index contributed by atoms with van der Waals surface area (Å²) < 4.78 is 10.8. The quantitative estimate of drug-likeness (QED) is 0.515. The minimum atomic E-state index is -0.472. The predicted molar refractivity (Wildman–Crippen MR) is 94.7 cm³/mol. The second-order valence-electron chi connectivity index (χ2n) is 6.02. The van der Waals surface area contributed by atoms with Crippen molar-refractivity contribution in [2.24, 2.45) is 0 Å². The van der Waals surface area contributed by atoms with Crippen LogP contribution >= 0.6 is 30.4 Å². The third kappa shape index (κ3) is 4.75. The maximum atomic E-state index is 12.3. The topological polar surface area (TPSA) is 38.8 Å². The van der Waals surface area contributed by atoms with Crippen LogP contribution in [-0.2, 0) is 21.9 Å². The first-order valence-corrected chi connectivity index (χ1v) is 10.2. The number of carbonyl (C=O) groups excluding carboxylic acids is 1. The van der Waals surface area contributed by atoms with Crippen molar-refractivity contribution in [3.05, 3.63) is 29.3 Å². The Hall–Kier alpha value is -0.470. The molecule has 0 radical (unpaired) electrons. The van der Waals surface area contributed by atoms with E-state index in [1.54, 1.807) is 4.90 Å². The molecule has 6 heteroatoms. The first-order chi connectivity index (χ1) is 9.90. The Bertz CT molecular complexity index is 516. The largest absolute Gasteiger partial charge is 0.443 e. The fraction of sp³-hybridized carbons (Fsp3) is 0.533. The SMILES string of the molecule is CC(C)(C)OC(=O)N1CCCc2cc(COSI)ccc21. The van der Waals surface area contributed by atoms with Gasteiger partial charge in [-0.1, -0.05) is 12.1 Å². The molecular formula is C15H20INO3S. The lowest BCUT2D eigenvalue weighted by atomic mass is 10.00. The molecular weight excluding hydrogens is 401 g/mol. The second kappa shape index (κ2) is 7.19. The number of benzene rings is 1. The summed E-state index contributed by atoms with van der Waals surface area (Å²) in [6, 6.07) is 6.13. The summed E-state index contributed by atoms with van der Waals surface area (Å²) in [5, 5.41) is 0. The molecule has 21 heavy (non-hydrogen) atoms. The highest BCUT2D eigenvalue weighted by Gasteiger charge is 2.27. The zero-order valence-electron chi connectivity index (χ0n) is 12.5. The van der Waals surface area contributed by atoms with Crippen LogP contribution in [0.3, 0.4) is 0 Å². The highest BCUT2D eigenvalue weighted by atomic mass is 127. The van der Waals surface area contributed by atoms with E-state index in [2.05, 4.69) is 27.3 Å². The molecule has 1 aliphatic heterocycles. The van der Waals surface area contributed by atoms with Gasteiger partial charge in [0.1, 0.15) is 5.60 Å². The molecule has 1 aliphatic rings. The summed E-state index contributed by atoms with van der Waals surface area (Å²) in [4.78, 5) is 14.0. The van der Waals surface area contributed by atoms with E-state index in [0.717, 1.165) is 24.1 Å². The van der Waals surface area contributed by atoms with Crippen LogP contribution in [0.5, 0.6) is 0 Å². The van der Waals surface area contributed by atoms with E-state index in [9.17, 15) is 4.79 Å². The normalized spacial score (nSPS) is 14.8. The van der Waals surface area contributed by atoms with Crippen molar-refractivity contribution in [2.45, 2.75) is 45.8 Å². The van der Waals surface area contributed by atoms with Gasteiger partial charge in [-0.25, -0.2) is 4.79 Å². The first kappa shape index (κ1) is 16.9. The van der Waals surface area contributed by atoms with Gasteiger partial charge in [-0.2, -0.15) is 0 Å². The fourth-order valence-corrected chi connectivity index (χ4v) is 2.90. The first-order valence-electron chi connectivity index (χ1n) is 6.93. The van der Waals surface area contributed by atoms with Crippen LogP contribution in [-0.4, -0.2) is 18.2 Å². The molecule has 0 aromatic heterocycles. The molecule has 0 unspecified atom stereocenters. The van der Waals surface area contributed by atoms with E-state index in [4.69, 9.17) is 8.92 Å². The molecule has 116 valence electrons. The van der Waals surface area contributed by atoms with Gasteiger partial charge in [-0.3, -0.25) is 4.90 Å². The van der Waals surface area contributed by atoms with Crippen LogP contribution in [0.25, 0.3) is 0 Å². The number of anilines is 1. The molecule has 0 N–H and O–H groups in total. The highest BCUT2D eigenvalue weighted by Crippen LogP contribution is 2.30. The van der Waals surface area contributed by atoms with Crippen molar-refractivity contribution in [2.75, 3.05) is 11.4 Å². The van der Waals surface area contributed by atoms with Gasteiger partial charge in [0.15, 0.2) is 0 Å². The number of ether oxygens (including phenoxy) is 1. The number of hydrogen-bond acceptors (Lipinski definition) is 4. The van der Waals surface area contributed by atoms with Gasteiger partial charge in [-0.05, 0) is 50.8 Å². The lowest BCUT2D eigenvalue weighted by Crippen LogP contribution is -2.39. The summed E-state index contributed by atoms with van der Waals surface area (Å²) in [5.74, 6) is 0. The molecule has 4 nitrogen and oxygen atoms in total. The molecule has 0 fully saturated rings. The predicted octanol–water partition coefficient (Wildman–Crippen LogP) is 4.89. The number of nitrogens with zero attached hydrogens (tertiary/aromatic N) is 1. The zero-order chi connectivity index (χ0) is 15.5. The molecule has 1 aromatic carbocycles. The maximum absolute atomic E-state index is 12.3.